The summed E-state index contributed by atoms with van der Waals surface area (Å²) in [5, 5.41) is 16.0. The number of thioether (sulfide) groups is 1. The maximum atomic E-state index is 12.8. The van der Waals surface area contributed by atoms with Gasteiger partial charge in [0, 0.05) is 15.3 Å². The largest absolute Gasteiger partial charge is 0.324 e. The van der Waals surface area contributed by atoms with Gasteiger partial charge in [0.15, 0.2) is 0 Å². The predicted molar refractivity (Wildman–Crippen MR) is 113 cm³/mol. The molecule has 4 rings (SSSR count). The van der Waals surface area contributed by atoms with Crippen molar-refractivity contribution < 1.29 is 9.59 Å². The van der Waals surface area contributed by atoms with E-state index >= 15 is 0 Å². The van der Waals surface area contributed by atoms with E-state index in [9.17, 15) is 14.9 Å². The lowest BCUT2D eigenvalue weighted by Gasteiger charge is -2.21. The standard InChI is InChI=1S/C21H21N3O2S2/c1-12-19(25)23-16-10-13(8-9-18(16)27-12)20(26)24-21-15(11-22)14-6-4-2-3-5-7-17(14)28-21/h8-10,12H,2-7H2,1H3,(H,23,25)(H,24,26)/t12-/m0/s1. The van der Waals surface area contributed by atoms with E-state index in [1.807, 2.05) is 13.0 Å². The van der Waals surface area contributed by atoms with Crippen molar-refractivity contribution in [2.24, 2.45) is 0 Å². The number of anilines is 2. The van der Waals surface area contributed by atoms with Crippen molar-refractivity contribution in [2.45, 2.75) is 55.6 Å². The number of aryl methyl sites for hydroxylation is 1. The third kappa shape index (κ3) is 3.67. The number of benzene rings is 1. The van der Waals surface area contributed by atoms with Crippen LogP contribution in [0.3, 0.4) is 0 Å². The Labute approximate surface area is 172 Å². The molecule has 28 heavy (non-hydrogen) atoms. The van der Waals surface area contributed by atoms with Gasteiger partial charge in [-0.05, 0) is 56.4 Å². The molecule has 0 bridgehead atoms. The van der Waals surface area contributed by atoms with Gasteiger partial charge in [0.05, 0.1) is 16.5 Å². The molecule has 2 aliphatic rings. The van der Waals surface area contributed by atoms with E-state index in [0.717, 1.165) is 36.1 Å². The second-order valence-corrected chi connectivity index (χ2v) is 9.64. The summed E-state index contributed by atoms with van der Waals surface area (Å²) >= 11 is 3.02. The molecule has 5 nitrogen and oxygen atoms in total. The number of nitrogens with one attached hydrogen (secondary N) is 2. The molecule has 1 aliphatic carbocycles. The van der Waals surface area contributed by atoms with E-state index in [-0.39, 0.29) is 17.1 Å². The van der Waals surface area contributed by atoms with Crippen molar-refractivity contribution in [3.63, 3.8) is 0 Å². The molecule has 144 valence electrons. The first-order valence-electron chi connectivity index (χ1n) is 9.54. The number of fused-ring (bicyclic) bond motifs is 2. The van der Waals surface area contributed by atoms with Crippen molar-refractivity contribution in [2.75, 3.05) is 10.6 Å². The van der Waals surface area contributed by atoms with Crippen molar-refractivity contribution in [1.29, 1.82) is 5.26 Å². The maximum absolute atomic E-state index is 12.8. The van der Waals surface area contributed by atoms with Crippen LogP contribution in [0.4, 0.5) is 10.7 Å². The van der Waals surface area contributed by atoms with Crippen LogP contribution in [0.1, 0.15) is 59.0 Å². The molecule has 0 fully saturated rings. The van der Waals surface area contributed by atoms with Crippen LogP contribution in [0, 0.1) is 11.3 Å². The van der Waals surface area contributed by atoms with Crippen LogP contribution in [0.5, 0.6) is 0 Å². The van der Waals surface area contributed by atoms with Gasteiger partial charge in [-0.3, -0.25) is 9.59 Å². The van der Waals surface area contributed by atoms with Gasteiger partial charge in [0.2, 0.25) is 5.91 Å². The summed E-state index contributed by atoms with van der Waals surface area (Å²) in [6.45, 7) is 1.86. The molecular formula is C21H21N3O2S2. The Morgan fingerprint density at radius 1 is 1.25 bits per heavy atom. The normalized spacial score (nSPS) is 18.7. The number of carbonyl (C=O) groups is 2. The zero-order chi connectivity index (χ0) is 19.7. The summed E-state index contributed by atoms with van der Waals surface area (Å²) in [4.78, 5) is 26.9. The number of nitriles is 1. The summed E-state index contributed by atoms with van der Waals surface area (Å²) in [6.07, 6.45) is 6.52. The molecule has 2 heterocycles. The zero-order valence-electron chi connectivity index (χ0n) is 15.6. The third-order valence-electron chi connectivity index (χ3n) is 5.18. The molecule has 2 aromatic rings. The Morgan fingerprint density at radius 3 is 2.82 bits per heavy atom. The van der Waals surface area contributed by atoms with Crippen molar-refractivity contribution >= 4 is 45.6 Å². The lowest BCUT2D eigenvalue weighted by Crippen LogP contribution is -2.26. The van der Waals surface area contributed by atoms with Crippen LogP contribution in [0.15, 0.2) is 23.1 Å². The summed E-state index contributed by atoms with van der Waals surface area (Å²) in [6, 6.07) is 7.64. The second-order valence-electron chi connectivity index (χ2n) is 7.15. The number of rotatable bonds is 2. The van der Waals surface area contributed by atoms with Crippen molar-refractivity contribution in [1.82, 2.24) is 0 Å². The van der Waals surface area contributed by atoms with Gasteiger partial charge in [0.25, 0.3) is 5.91 Å². The van der Waals surface area contributed by atoms with E-state index in [2.05, 4.69) is 16.7 Å². The minimum atomic E-state index is -0.258. The van der Waals surface area contributed by atoms with Gasteiger partial charge in [-0.25, -0.2) is 0 Å². The number of amides is 2. The Hall–Kier alpha value is -2.30. The third-order valence-corrected chi connectivity index (χ3v) is 7.57. The van der Waals surface area contributed by atoms with Crippen LogP contribution >= 0.6 is 23.1 Å². The molecule has 2 N–H and O–H groups in total. The molecule has 0 saturated heterocycles. The van der Waals surface area contributed by atoms with Gasteiger partial charge in [0.1, 0.15) is 11.1 Å². The highest BCUT2D eigenvalue weighted by Crippen LogP contribution is 2.38. The lowest BCUT2D eigenvalue weighted by atomic mass is 9.97. The van der Waals surface area contributed by atoms with Crippen LogP contribution in [-0.4, -0.2) is 17.1 Å². The minimum absolute atomic E-state index is 0.0557. The van der Waals surface area contributed by atoms with E-state index in [1.54, 1.807) is 12.1 Å². The smallest absolute Gasteiger partial charge is 0.256 e. The number of thiophene rings is 1. The van der Waals surface area contributed by atoms with Crippen LogP contribution < -0.4 is 10.6 Å². The van der Waals surface area contributed by atoms with E-state index in [0.29, 0.717) is 21.8 Å². The minimum Gasteiger partial charge on any atom is -0.324 e. The Bertz CT molecular complexity index is 990. The van der Waals surface area contributed by atoms with Gasteiger partial charge < -0.3 is 10.6 Å². The molecule has 1 atom stereocenters. The van der Waals surface area contributed by atoms with E-state index < -0.39 is 0 Å². The summed E-state index contributed by atoms with van der Waals surface area (Å²) in [7, 11) is 0. The molecule has 0 spiro atoms. The topological polar surface area (TPSA) is 82.0 Å². The first-order chi connectivity index (χ1) is 13.6. The monoisotopic (exact) mass is 411 g/mol. The molecule has 1 aromatic carbocycles. The predicted octanol–water partition coefficient (Wildman–Crippen LogP) is 4.96. The number of hydrogen-bond acceptors (Lipinski definition) is 5. The zero-order valence-corrected chi connectivity index (χ0v) is 17.3. The van der Waals surface area contributed by atoms with Gasteiger partial charge in [-0.15, -0.1) is 23.1 Å². The molecule has 0 saturated carbocycles. The highest BCUT2D eigenvalue weighted by Gasteiger charge is 2.25. The number of nitrogens with zero attached hydrogens (tertiary/aromatic N) is 1. The molecule has 2 amide bonds. The fourth-order valence-corrected chi connectivity index (χ4v) is 5.82. The Balaban J connectivity index is 1.59. The van der Waals surface area contributed by atoms with Gasteiger partial charge in [-0.1, -0.05) is 12.8 Å². The average molecular weight is 412 g/mol. The van der Waals surface area contributed by atoms with E-state index in [1.165, 1.54) is 40.8 Å². The quantitative estimate of drug-likeness (QED) is 0.731. The first-order valence-corrected chi connectivity index (χ1v) is 11.2. The SMILES string of the molecule is C[C@@H]1Sc2ccc(C(=O)Nc3sc4c(c3C#N)CCCCCC4)cc2NC1=O. The van der Waals surface area contributed by atoms with Crippen LogP contribution in [0.2, 0.25) is 0 Å². The Kier molecular flexibility index (Phi) is 5.42. The molecule has 1 aromatic heterocycles. The summed E-state index contributed by atoms with van der Waals surface area (Å²) in [5.41, 5.74) is 2.87. The fourth-order valence-electron chi connectivity index (χ4n) is 3.65. The second kappa shape index (κ2) is 7.98. The fraction of sp³-hybridized carbons (Fsp3) is 0.381. The number of hydrogen-bond donors (Lipinski definition) is 2. The van der Waals surface area contributed by atoms with Gasteiger partial charge in [-0.2, -0.15) is 5.26 Å². The Morgan fingerprint density at radius 2 is 2.04 bits per heavy atom. The molecule has 0 radical (unpaired) electrons. The van der Waals surface area contributed by atoms with Crippen LogP contribution in [0.25, 0.3) is 0 Å². The van der Waals surface area contributed by atoms with Gasteiger partial charge >= 0.3 is 0 Å². The molecular weight excluding hydrogens is 390 g/mol. The lowest BCUT2D eigenvalue weighted by molar-refractivity contribution is -0.115. The average Bonchev–Trinajstić information content (AvgIpc) is 2.97. The first kappa shape index (κ1) is 19.0. The highest BCUT2D eigenvalue weighted by molar-refractivity contribution is 8.00. The summed E-state index contributed by atoms with van der Waals surface area (Å²) < 4.78 is 0. The van der Waals surface area contributed by atoms with Crippen molar-refractivity contribution in [3.8, 4) is 6.07 Å². The highest BCUT2D eigenvalue weighted by atomic mass is 32.2. The maximum Gasteiger partial charge on any atom is 0.256 e. The van der Waals surface area contributed by atoms with E-state index in [4.69, 9.17) is 0 Å². The number of carbonyl (C=O) groups excluding carboxylic acids is 2. The van der Waals surface area contributed by atoms with Crippen LogP contribution in [-0.2, 0) is 17.6 Å². The van der Waals surface area contributed by atoms with Crippen molar-refractivity contribution in [3.05, 3.63) is 39.8 Å². The molecule has 7 heteroatoms. The summed E-state index contributed by atoms with van der Waals surface area (Å²) in [5.74, 6) is -0.314. The molecule has 0 unspecified atom stereocenters. The molecule has 1 aliphatic heterocycles.